The van der Waals surface area contributed by atoms with E-state index in [0.717, 1.165) is 36.9 Å². The maximum Gasteiger partial charge on any atom is 0.408 e. The fourth-order valence-electron chi connectivity index (χ4n) is 3.39. The zero-order valence-electron chi connectivity index (χ0n) is 16.1. The predicted octanol–water partition coefficient (Wildman–Crippen LogP) is 3.90. The van der Waals surface area contributed by atoms with E-state index in [1.165, 1.54) is 0 Å². The molecule has 2 aromatic carbocycles. The molecule has 0 saturated carbocycles. The smallest absolute Gasteiger partial charge is 0.408 e. The van der Waals surface area contributed by atoms with Crippen molar-refractivity contribution >= 4 is 6.09 Å². The van der Waals surface area contributed by atoms with E-state index in [4.69, 9.17) is 9.26 Å². The van der Waals surface area contributed by atoms with E-state index in [-0.39, 0.29) is 12.6 Å². The number of piperidine rings is 1. The van der Waals surface area contributed by atoms with Crippen LogP contribution >= 0.6 is 0 Å². The lowest BCUT2D eigenvalue weighted by Gasteiger charge is -2.20. The highest BCUT2D eigenvalue weighted by Gasteiger charge is 2.27. The van der Waals surface area contributed by atoms with E-state index < -0.39 is 12.1 Å². The molecular weight excluding hydrogens is 368 g/mol. The number of nitrogens with one attached hydrogen (secondary N) is 2. The van der Waals surface area contributed by atoms with Crippen molar-refractivity contribution in [3.63, 3.8) is 0 Å². The fourth-order valence-corrected chi connectivity index (χ4v) is 3.39. The third-order valence-electron chi connectivity index (χ3n) is 4.93. The molecule has 29 heavy (non-hydrogen) atoms. The fraction of sp³-hybridized carbons (Fsp3) is 0.318. The molecule has 1 fully saturated rings. The number of hydrogen-bond donors (Lipinski definition) is 2. The van der Waals surface area contributed by atoms with Crippen LogP contribution in [0.1, 0.15) is 54.2 Å². The van der Waals surface area contributed by atoms with E-state index in [1.54, 1.807) is 0 Å². The van der Waals surface area contributed by atoms with Crippen LogP contribution in [0.25, 0.3) is 0 Å². The maximum absolute atomic E-state index is 12.4. The van der Waals surface area contributed by atoms with Crippen LogP contribution in [0.4, 0.5) is 4.79 Å². The van der Waals surface area contributed by atoms with Crippen LogP contribution in [0.2, 0.25) is 0 Å². The molecule has 0 bridgehead atoms. The molecule has 2 N–H and O–H groups in total. The van der Waals surface area contributed by atoms with Crippen LogP contribution in [0.5, 0.6) is 0 Å². The SMILES string of the molecule is O=C(N[C@H](c1ccccc1)c1nc([C@@H]2CCCCN2)no1)OCc1ccccc1. The largest absolute Gasteiger partial charge is 0.445 e. The van der Waals surface area contributed by atoms with Gasteiger partial charge in [0.1, 0.15) is 12.6 Å². The number of nitrogens with zero attached hydrogens (tertiary/aromatic N) is 2. The number of ether oxygens (including phenoxy) is 1. The summed E-state index contributed by atoms with van der Waals surface area (Å²) in [6.07, 6.45) is 2.72. The Morgan fingerprint density at radius 1 is 1.14 bits per heavy atom. The number of carbonyl (C=O) groups is 1. The van der Waals surface area contributed by atoms with Crippen molar-refractivity contribution in [2.75, 3.05) is 6.54 Å². The van der Waals surface area contributed by atoms with Crippen molar-refractivity contribution in [3.05, 3.63) is 83.5 Å². The Kier molecular flexibility index (Phi) is 6.16. The van der Waals surface area contributed by atoms with Gasteiger partial charge in [-0.15, -0.1) is 0 Å². The Bertz CT molecular complexity index is 908. The van der Waals surface area contributed by atoms with Crippen molar-refractivity contribution < 1.29 is 14.1 Å². The van der Waals surface area contributed by atoms with E-state index in [9.17, 15) is 4.79 Å². The van der Waals surface area contributed by atoms with Crippen molar-refractivity contribution in [1.82, 2.24) is 20.8 Å². The van der Waals surface area contributed by atoms with Gasteiger partial charge in [0.2, 0.25) is 0 Å². The number of amides is 1. The summed E-state index contributed by atoms with van der Waals surface area (Å²) < 4.78 is 10.9. The second-order valence-corrected chi connectivity index (χ2v) is 7.04. The molecule has 1 amide bonds. The van der Waals surface area contributed by atoms with Crippen LogP contribution in [-0.2, 0) is 11.3 Å². The highest BCUT2D eigenvalue weighted by atomic mass is 16.5. The first-order valence-corrected chi connectivity index (χ1v) is 9.88. The molecule has 2 heterocycles. The van der Waals surface area contributed by atoms with Gasteiger partial charge in [0, 0.05) is 0 Å². The molecule has 0 spiro atoms. The topological polar surface area (TPSA) is 89.3 Å². The Morgan fingerprint density at radius 2 is 1.90 bits per heavy atom. The average Bonchev–Trinajstić information content (AvgIpc) is 3.28. The van der Waals surface area contributed by atoms with Crippen molar-refractivity contribution in [3.8, 4) is 0 Å². The molecule has 0 radical (unpaired) electrons. The van der Waals surface area contributed by atoms with Crippen molar-refractivity contribution in [1.29, 1.82) is 0 Å². The first-order chi connectivity index (χ1) is 14.3. The Hall–Kier alpha value is -3.19. The van der Waals surface area contributed by atoms with Crippen LogP contribution in [-0.4, -0.2) is 22.8 Å². The quantitative estimate of drug-likeness (QED) is 0.661. The zero-order chi connectivity index (χ0) is 19.9. The van der Waals surface area contributed by atoms with E-state index >= 15 is 0 Å². The highest BCUT2D eigenvalue weighted by molar-refractivity contribution is 5.68. The third-order valence-corrected chi connectivity index (χ3v) is 4.93. The molecule has 2 atom stereocenters. The van der Waals surface area contributed by atoms with E-state index in [2.05, 4.69) is 20.8 Å². The summed E-state index contributed by atoms with van der Waals surface area (Å²) in [5.74, 6) is 0.968. The van der Waals surface area contributed by atoms with Gasteiger partial charge in [-0.1, -0.05) is 72.2 Å². The summed E-state index contributed by atoms with van der Waals surface area (Å²) in [6, 6.07) is 18.6. The Balaban J connectivity index is 1.48. The van der Waals surface area contributed by atoms with Crippen LogP contribution in [0.15, 0.2) is 65.2 Å². The third kappa shape index (κ3) is 5.00. The van der Waals surface area contributed by atoms with Gasteiger partial charge in [-0.2, -0.15) is 4.98 Å². The van der Waals surface area contributed by atoms with Crippen LogP contribution in [0, 0.1) is 0 Å². The molecule has 1 saturated heterocycles. The lowest BCUT2D eigenvalue weighted by atomic mass is 10.0. The summed E-state index contributed by atoms with van der Waals surface area (Å²) >= 11 is 0. The summed E-state index contributed by atoms with van der Waals surface area (Å²) in [7, 11) is 0. The molecule has 1 aliphatic heterocycles. The van der Waals surface area contributed by atoms with Gasteiger partial charge in [0.05, 0.1) is 6.04 Å². The molecule has 0 aliphatic carbocycles. The normalized spacial score (nSPS) is 17.4. The lowest BCUT2D eigenvalue weighted by molar-refractivity contribution is 0.135. The summed E-state index contributed by atoms with van der Waals surface area (Å²) in [6.45, 7) is 1.13. The molecule has 3 aromatic rings. The number of rotatable bonds is 6. The molecule has 0 unspecified atom stereocenters. The zero-order valence-corrected chi connectivity index (χ0v) is 16.1. The Labute approximate surface area is 169 Å². The number of benzene rings is 2. The maximum atomic E-state index is 12.4. The van der Waals surface area contributed by atoms with E-state index in [1.807, 2.05) is 60.7 Å². The number of alkyl carbamates (subject to hydrolysis) is 1. The van der Waals surface area contributed by atoms with Crippen molar-refractivity contribution in [2.24, 2.45) is 0 Å². The molecular formula is C22H24N4O3. The van der Waals surface area contributed by atoms with Gasteiger partial charge in [-0.3, -0.25) is 0 Å². The van der Waals surface area contributed by atoms with E-state index in [0.29, 0.717) is 11.7 Å². The molecule has 150 valence electrons. The summed E-state index contributed by atoms with van der Waals surface area (Å²) in [5.41, 5.74) is 1.76. The Morgan fingerprint density at radius 3 is 2.62 bits per heavy atom. The monoisotopic (exact) mass is 392 g/mol. The van der Waals surface area contributed by atoms with Gasteiger partial charge < -0.3 is 19.9 Å². The van der Waals surface area contributed by atoms with Gasteiger partial charge in [-0.25, -0.2) is 4.79 Å². The molecule has 7 heteroatoms. The predicted molar refractivity (Wildman–Crippen MR) is 107 cm³/mol. The highest BCUT2D eigenvalue weighted by Crippen LogP contribution is 2.25. The number of aromatic nitrogens is 2. The minimum Gasteiger partial charge on any atom is -0.445 e. The standard InChI is InChI=1S/C22H24N4O3/c27-22(28-15-16-9-3-1-4-10-16)24-19(17-11-5-2-6-12-17)21-25-20(26-29-21)18-13-7-8-14-23-18/h1-6,9-12,18-19,23H,7-8,13-15H2,(H,24,27)/t18-,19+/m0/s1. The van der Waals surface area contributed by atoms with Gasteiger partial charge in [-0.05, 0) is 30.5 Å². The summed E-state index contributed by atoms with van der Waals surface area (Å²) in [5, 5.41) is 10.4. The first kappa shape index (κ1) is 19.1. The summed E-state index contributed by atoms with van der Waals surface area (Å²) in [4.78, 5) is 17.0. The molecule has 1 aromatic heterocycles. The van der Waals surface area contributed by atoms with Crippen LogP contribution < -0.4 is 10.6 Å². The number of carbonyl (C=O) groups excluding carboxylic acids is 1. The second kappa shape index (κ2) is 9.34. The van der Waals surface area contributed by atoms with Crippen LogP contribution in [0.3, 0.4) is 0 Å². The molecule has 7 nitrogen and oxygen atoms in total. The van der Waals surface area contributed by atoms with Gasteiger partial charge >= 0.3 is 6.09 Å². The second-order valence-electron chi connectivity index (χ2n) is 7.04. The number of hydrogen-bond acceptors (Lipinski definition) is 6. The lowest BCUT2D eigenvalue weighted by Crippen LogP contribution is -2.30. The average molecular weight is 392 g/mol. The molecule has 4 rings (SSSR count). The minimum atomic E-state index is -0.579. The minimum absolute atomic E-state index is 0.0858. The first-order valence-electron chi connectivity index (χ1n) is 9.88. The van der Waals surface area contributed by atoms with Gasteiger partial charge in [0.15, 0.2) is 5.82 Å². The van der Waals surface area contributed by atoms with Crippen molar-refractivity contribution in [2.45, 2.75) is 38.0 Å². The van der Waals surface area contributed by atoms with Gasteiger partial charge in [0.25, 0.3) is 5.89 Å². The molecule has 1 aliphatic rings.